The molecule has 0 spiro atoms. The molecule has 112 valence electrons. The molecule has 3 unspecified atom stereocenters. The molecule has 2 nitrogen and oxygen atoms in total. The summed E-state index contributed by atoms with van der Waals surface area (Å²) < 4.78 is 6.28. The van der Waals surface area contributed by atoms with E-state index in [1.807, 2.05) is 7.05 Å². The number of likely N-dealkylation sites (N-methyl/N-ethyl adjacent to an activating group) is 1. The fourth-order valence-electron chi connectivity index (χ4n) is 3.33. The van der Waals surface area contributed by atoms with Crippen LogP contribution in [-0.2, 0) is 0 Å². The summed E-state index contributed by atoms with van der Waals surface area (Å²) in [5.41, 5.74) is 2.75. The standard InChI is InChI=1S/C18H29NO/c1-12(2)16-8-7-15(11-14(16)4)20-18-10-13(3)6-9-17(18)19-5/h7-8,11-13,17-19H,6,9-10H2,1-5H3. The van der Waals surface area contributed by atoms with Crippen LogP contribution >= 0.6 is 0 Å². The summed E-state index contributed by atoms with van der Waals surface area (Å²) in [4.78, 5) is 0. The van der Waals surface area contributed by atoms with Gasteiger partial charge in [-0.05, 0) is 68.3 Å². The molecule has 0 heterocycles. The summed E-state index contributed by atoms with van der Waals surface area (Å²) in [7, 11) is 2.05. The van der Waals surface area contributed by atoms with Gasteiger partial charge in [-0.3, -0.25) is 0 Å². The molecule has 20 heavy (non-hydrogen) atoms. The molecular weight excluding hydrogens is 246 g/mol. The first-order valence-electron chi connectivity index (χ1n) is 7.95. The smallest absolute Gasteiger partial charge is 0.120 e. The highest BCUT2D eigenvalue weighted by Gasteiger charge is 2.29. The first-order valence-corrected chi connectivity index (χ1v) is 7.95. The van der Waals surface area contributed by atoms with Gasteiger partial charge in [0.15, 0.2) is 0 Å². The second kappa shape index (κ2) is 6.62. The molecule has 3 atom stereocenters. The maximum absolute atomic E-state index is 6.28. The predicted octanol–water partition coefficient (Wildman–Crippen LogP) is 4.27. The van der Waals surface area contributed by atoms with Crippen LogP contribution in [0.25, 0.3) is 0 Å². The summed E-state index contributed by atoms with van der Waals surface area (Å²) in [6, 6.07) is 7.03. The van der Waals surface area contributed by atoms with Crippen molar-refractivity contribution in [3.05, 3.63) is 29.3 Å². The van der Waals surface area contributed by atoms with Gasteiger partial charge in [0, 0.05) is 6.04 Å². The van der Waals surface area contributed by atoms with Gasteiger partial charge in [-0.1, -0.05) is 26.8 Å². The van der Waals surface area contributed by atoms with E-state index in [2.05, 4.69) is 51.2 Å². The highest BCUT2D eigenvalue weighted by atomic mass is 16.5. The van der Waals surface area contributed by atoms with Crippen molar-refractivity contribution in [1.82, 2.24) is 5.32 Å². The molecule has 1 aliphatic carbocycles. The Labute approximate surface area is 123 Å². The largest absolute Gasteiger partial charge is 0.489 e. The van der Waals surface area contributed by atoms with Crippen LogP contribution in [0.4, 0.5) is 0 Å². The minimum Gasteiger partial charge on any atom is -0.489 e. The Morgan fingerprint density at radius 2 is 2.00 bits per heavy atom. The second-order valence-corrected chi connectivity index (χ2v) is 6.64. The number of ether oxygens (including phenoxy) is 1. The monoisotopic (exact) mass is 275 g/mol. The average molecular weight is 275 g/mol. The molecule has 2 rings (SSSR count). The molecule has 1 saturated carbocycles. The minimum absolute atomic E-state index is 0.299. The third kappa shape index (κ3) is 3.54. The van der Waals surface area contributed by atoms with Gasteiger partial charge < -0.3 is 10.1 Å². The molecule has 1 aliphatic rings. The third-order valence-corrected chi connectivity index (χ3v) is 4.58. The molecule has 0 radical (unpaired) electrons. The molecule has 1 fully saturated rings. The first-order chi connectivity index (χ1) is 9.51. The summed E-state index contributed by atoms with van der Waals surface area (Å²) in [5.74, 6) is 2.36. The van der Waals surface area contributed by atoms with Gasteiger partial charge in [0.05, 0.1) is 0 Å². The van der Waals surface area contributed by atoms with E-state index < -0.39 is 0 Å². The number of aryl methyl sites for hydroxylation is 1. The topological polar surface area (TPSA) is 21.3 Å². The Balaban J connectivity index is 2.10. The van der Waals surface area contributed by atoms with Crippen molar-refractivity contribution in [2.75, 3.05) is 7.05 Å². The fourth-order valence-corrected chi connectivity index (χ4v) is 3.33. The quantitative estimate of drug-likeness (QED) is 0.886. The molecule has 0 saturated heterocycles. The Hall–Kier alpha value is -1.02. The molecule has 1 aromatic carbocycles. The van der Waals surface area contributed by atoms with Crippen LogP contribution in [0.2, 0.25) is 0 Å². The van der Waals surface area contributed by atoms with E-state index in [1.165, 1.54) is 24.0 Å². The van der Waals surface area contributed by atoms with Crippen molar-refractivity contribution in [2.45, 2.75) is 65.0 Å². The van der Waals surface area contributed by atoms with E-state index in [4.69, 9.17) is 4.74 Å². The van der Waals surface area contributed by atoms with E-state index in [1.54, 1.807) is 0 Å². The highest BCUT2D eigenvalue weighted by molar-refractivity contribution is 5.36. The predicted molar refractivity (Wildman–Crippen MR) is 85.5 cm³/mol. The molecule has 0 amide bonds. The first kappa shape index (κ1) is 15.4. The van der Waals surface area contributed by atoms with Crippen molar-refractivity contribution < 1.29 is 4.74 Å². The lowest BCUT2D eigenvalue weighted by atomic mass is 9.85. The minimum atomic E-state index is 0.299. The maximum Gasteiger partial charge on any atom is 0.120 e. The van der Waals surface area contributed by atoms with Crippen molar-refractivity contribution in [3.63, 3.8) is 0 Å². The summed E-state index contributed by atoms with van der Waals surface area (Å²) in [6.07, 6.45) is 3.96. The molecule has 1 N–H and O–H groups in total. The van der Waals surface area contributed by atoms with E-state index in [-0.39, 0.29) is 0 Å². The van der Waals surface area contributed by atoms with Crippen molar-refractivity contribution in [1.29, 1.82) is 0 Å². The molecule has 1 aromatic rings. The summed E-state index contributed by atoms with van der Waals surface area (Å²) >= 11 is 0. The second-order valence-electron chi connectivity index (χ2n) is 6.64. The van der Waals surface area contributed by atoms with Gasteiger partial charge in [-0.2, -0.15) is 0 Å². The van der Waals surface area contributed by atoms with Gasteiger partial charge >= 0.3 is 0 Å². The van der Waals surface area contributed by atoms with Gasteiger partial charge in [-0.25, -0.2) is 0 Å². The number of benzene rings is 1. The number of nitrogens with one attached hydrogen (secondary N) is 1. The number of hydrogen-bond donors (Lipinski definition) is 1. The Morgan fingerprint density at radius 3 is 2.60 bits per heavy atom. The van der Waals surface area contributed by atoms with Crippen molar-refractivity contribution in [2.24, 2.45) is 5.92 Å². The van der Waals surface area contributed by atoms with Crippen LogP contribution in [0.1, 0.15) is 57.1 Å². The highest BCUT2D eigenvalue weighted by Crippen LogP contribution is 2.29. The molecular formula is C18H29NO. The normalized spacial score (nSPS) is 26.8. The Bertz CT molecular complexity index is 441. The number of rotatable bonds is 4. The molecule has 2 heteroatoms. The van der Waals surface area contributed by atoms with Gasteiger partial charge in [-0.15, -0.1) is 0 Å². The molecule has 0 aromatic heterocycles. The maximum atomic E-state index is 6.28. The summed E-state index contributed by atoms with van der Waals surface area (Å²) in [6.45, 7) is 8.99. The van der Waals surface area contributed by atoms with Gasteiger partial charge in [0.25, 0.3) is 0 Å². The van der Waals surface area contributed by atoms with Crippen LogP contribution in [-0.4, -0.2) is 19.2 Å². The molecule has 0 aliphatic heterocycles. The van der Waals surface area contributed by atoms with Gasteiger partial charge in [0.1, 0.15) is 11.9 Å². The van der Waals surface area contributed by atoms with Crippen LogP contribution in [0.15, 0.2) is 18.2 Å². The average Bonchev–Trinajstić information content (AvgIpc) is 2.38. The fraction of sp³-hybridized carbons (Fsp3) is 0.667. The van der Waals surface area contributed by atoms with Crippen LogP contribution < -0.4 is 10.1 Å². The zero-order valence-corrected chi connectivity index (χ0v) is 13.6. The van der Waals surface area contributed by atoms with Crippen LogP contribution in [0.3, 0.4) is 0 Å². The van der Waals surface area contributed by atoms with E-state index in [9.17, 15) is 0 Å². The van der Waals surface area contributed by atoms with Crippen molar-refractivity contribution in [3.8, 4) is 5.75 Å². The lowest BCUT2D eigenvalue weighted by Crippen LogP contribution is -2.45. The number of hydrogen-bond acceptors (Lipinski definition) is 2. The van der Waals surface area contributed by atoms with E-state index in [0.717, 1.165) is 18.1 Å². The van der Waals surface area contributed by atoms with E-state index >= 15 is 0 Å². The summed E-state index contributed by atoms with van der Waals surface area (Å²) in [5, 5.41) is 3.41. The van der Waals surface area contributed by atoms with Gasteiger partial charge in [0.2, 0.25) is 0 Å². The zero-order valence-electron chi connectivity index (χ0n) is 13.6. The van der Waals surface area contributed by atoms with Crippen LogP contribution in [0.5, 0.6) is 5.75 Å². The van der Waals surface area contributed by atoms with E-state index in [0.29, 0.717) is 18.1 Å². The lowest BCUT2D eigenvalue weighted by molar-refractivity contribution is 0.0943. The SMILES string of the molecule is CNC1CCC(C)CC1Oc1ccc(C(C)C)c(C)c1. The molecule has 0 bridgehead atoms. The lowest BCUT2D eigenvalue weighted by Gasteiger charge is -2.35. The van der Waals surface area contributed by atoms with Crippen molar-refractivity contribution >= 4 is 0 Å². The third-order valence-electron chi connectivity index (χ3n) is 4.58. The Morgan fingerprint density at radius 1 is 1.25 bits per heavy atom. The zero-order chi connectivity index (χ0) is 14.7. The van der Waals surface area contributed by atoms with Crippen LogP contribution in [0, 0.1) is 12.8 Å². The Kier molecular flexibility index (Phi) is 5.09.